The van der Waals surface area contributed by atoms with Gasteiger partial charge in [0.05, 0.1) is 11.6 Å². The molecule has 3 aromatic rings. The van der Waals surface area contributed by atoms with Crippen molar-refractivity contribution in [2.45, 2.75) is 23.9 Å². The van der Waals surface area contributed by atoms with Crippen molar-refractivity contribution in [2.24, 2.45) is 0 Å². The zero-order valence-electron chi connectivity index (χ0n) is 15.4. The van der Waals surface area contributed by atoms with Crippen LogP contribution in [0, 0.1) is 25.2 Å². The molecule has 0 unspecified atom stereocenters. The Morgan fingerprint density at radius 3 is 2.71 bits per heavy atom. The van der Waals surface area contributed by atoms with Gasteiger partial charge in [0.2, 0.25) is 5.13 Å². The van der Waals surface area contributed by atoms with Gasteiger partial charge in [-0.2, -0.15) is 5.26 Å². The number of aromatic nitrogens is 2. The number of amides is 1. The quantitative estimate of drug-likeness (QED) is 0.461. The molecule has 1 N–H and O–H groups in total. The summed E-state index contributed by atoms with van der Waals surface area (Å²) < 4.78 is 6.33. The summed E-state index contributed by atoms with van der Waals surface area (Å²) in [6.07, 6.45) is 0. The Kier molecular flexibility index (Phi) is 6.63. The third-order valence-electron chi connectivity index (χ3n) is 3.79. The van der Waals surface area contributed by atoms with Gasteiger partial charge >= 0.3 is 0 Å². The molecule has 8 heteroatoms. The van der Waals surface area contributed by atoms with E-state index in [0.29, 0.717) is 22.2 Å². The van der Waals surface area contributed by atoms with Crippen molar-refractivity contribution in [3.8, 4) is 11.8 Å². The van der Waals surface area contributed by atoms with E-state index < -0.39 is 0 Å². The highest BCUT2D eigenvalue weighted by Crippen LogP contribution is 2.28. The fraction of sp³-hybridized carbons (Fsp3) is 0.200. The molecule has 1 amide bonds. The highest BCUT2D eigenvalue weighted by Gasteiger charge is 2.10. The molecule has 0 aliphatic heterocycles. The highest BCUT2D eigenvalue weighted by molar-refractivity contribution is 8.00. The zero-order chi connectivity index (χ0) is 19.9. The number of nitrogens with one attached hydrogen (secondary N) is 1. The Morgan fingerprint density at radius 2 is 2.00 bits per heavy atom. The number of aryl methyl sites for hydroxylation is 2. The molecule has 0 saturated carbocycles. The number of ether oxygens (including phenoxy) is 1. The molecule has 1 aromatic heterocycles. The zero-order valence-corrected chi connectivity index (χ0v) is 17.1. The Labute approximate surface area is 171 Å². The number of carbonyl (C=O) groups excluding carboxylic acids is 1. The molecule has 3 rings (SSSR count). The first-order valence-corrected chi connectivity index (χ1v) is 10.3. The second kappa shape index (κ2) is 9.35. The standard InChI is InChI=1S/C20H18N4O2S2/c1-13-3-8-17(14(2)9-13)26-11-18(25)22-19-23-24-20(28-19)27-12-16-6-4-15(10-21)5-7-16/h3-9H,11-12H2,1-2H3,(H,22,23,25). The first-order valence-electron chi connectivity index (χ1n) is 8.49. The first-order chi connectivity index (χ1) is 13.5. The van der Waals surface area contributed by atoms with E-state index >= 15 is 0 Å². The van der Waals surface area contributed by atoms with E-state index in [-0.39, 0.29) is 12.5 Å². The number of nitriles is 1. The molecule has 142 valence electrons. The molecular weight excluding hydrogens is 392 g/mol. The average molecular weight is 411 g/mol. The van der Waals surface area contributed by atoms with Crippen LogP contribution >= 0.6 is 23.1 Å². The second-order valence-electron chi connectivity index (χ2n) is 6.08. The number of anilines is 1. The minimum Gasteiger partial charge on any atom is -0.483 e. The van der Waals surface area contributed by atoms with Crippen molar-refractivity contribution in [3.05, 3.63) is 64.7 Å². The lowest BCUT2D eigenvalue weighted by Crippen LogP contribution is -2.20. The predicted molar refractivity (Wildman–Crippen MR) is 111 cm³/mol. The lowest BCUT2D eigenvalue weighted by Gasteiger charge is -2.09. The van der Waals surface area contributed by atoms with Crippen molar-refractivity contribution in [1.82, 2.24) is 10.2 Å². The van der Waals surface area contributed by atoms with Crippen molar-refractivity contribution in [3.63, 3.8) is 0 Å². The molecule has 0 saturated heterocycles. The normalized spacial score (nSPS) is 10.3. The highest BCUT2D eigenvalue weighted by atomic mass is 32.2. The van der Waals surface area contributed by atoms with Gasteiger partial charge in [0.15, 0.2) is 10.9 Å². The number of nitrogens with zero attached hydrogens (tertiary/aromatic N) is 3. The van der Waals surface area contributed by atoms with E-state index in [4.69, 9.17) is 10.00 Å². The minimum atomic E-state index is -0.278. The maximum atomic E-state index is 12.1. The van der Waals surface area contributed by atoms with Crippen molar-refractivity contribution >= 4 is 34.1 Å². The fourth-order valence-corrected chi connectivity index (χ4v) is 4.12. The molecule has 28 heavy (non-hydrogen) atoms. The summed E-state index contributed by atoms with van der Waals surface area (Å²) in [5, 5.41) is 20.1. The van der Waals surface area contributed by atoms with Crippen LogP contribution in [0.3, 0.4) is 0 Å². The largest absolute Gasteiger partial charge is 0.483 e. The summed E-state index contributed by atoms with van der Waals surface area (Å²) in [6.45, 7) is 3.87. The van der Waals surface area contributed by atoms with E-state index in [9.17, 15) is 4.79 Å². The van der Waals surface area contributed by atoms with Gasteiger partial charge in [0.1, 0.15) is 5.75 Å². The van der Waals surface area contributed by atoms with Crippen LogP contribution in [-0.4, -0.2) is 22.7 Å². The number of hydrogen-bond acceptors (Lipinski definition) is 7. The van der Waals surface area contributed by atoms with Gasteiger partial charge in [0, 0.05) is 5.75 Å². The lowest BCUT2D eigenvalue weighted by molar-refractivity contribution is -0.118. The van der Waals surface area contributed by atoms with Crippen LogP contribution in [-0.2, 0) is 10.5 Å². The summed E-state index contributed by atoms with van der Waals surface area (Å²) in [4.78, 5) is 12.1. The first kappa shape index (κ1) is 19.9. The average Bonchev–Trinajstić information content (AvgIpc) is 3.13. The fourth-order valence-electron chi connectivity index (χ4n) is 2.40. The number of thioether (sulfide) groups is 1. The number of hydrogen-bond donors (Lipinski definition) is 1. The molecule has 0 spiro atoms. The molecule has 0 radical (unpaired) electrons. The van der Waals surface area contributed by atoms with Crippen LogP contribution in [0.5, 0.6) is 5.75 Å². The van der Waals surface area contributed by atoms with Gasteiger partial charge < -0.3 is 4.74 Å². The molecule has 0 aliphatic carbocycles. The van der Waals surface area contributed by atoms with Gasteiger partial charge in [0.25, 0.3) is 5.91 Å². The maximum absolute atomic E-state index is 12.1. The van der Waals surface area contributed by atoms with E-state index in [1.807, 2.05) is 44.2 Å². The van der Waals surface area contributed by atoms with Gasteiger partial charge in [-0.25, -0.2) is 0 Å². The molecule has 0 bridgehead atoms. The van der Waals surface area contributed by atoms with Gasteiger partial charge in [-0.05, 0) is 43.2 Å². The number of benzene rings is 2. The van der Waals surface area contributed by atoms with Crippen LogP contribution in [0.1, 0.15) is 22.3 Å². The second-order valence-corrected chi connectivity index (χ2v) is 8.28. The van der Waals surface area contributed by atoms with Crippen molar-refractivity contribution < 1.29 is 9.53 Å². The van der Waals surface area contributed by atoms with Gasteiger partial charge in [-0.1, -0.05) is 52.9 Å². The summed E-state index contributed by atoms with van der Waals surface area (Å²) in [7, 11) is 0. The summed E-state index contributed by atoms with van der Waals surface area (Å²) in [5.74, 6) is 1.13. The Bertz CT molecular complexity index is 1010. The van der Waals surface area contributed by atoms with E-state index in [1.54, 1.807) is 12.1 Å². The lowest BCUT2D eigenvalue weighted by atomic mass is 10.1. The summed E-state index contributed by atoms with van der Waals surface area (Å²) in [6, 6.07) is 15.3. The molecule has 6 nitrogen and oxygen atoms in total. The number of carbonyl (C=O) groups is 1. The Balaban J connectivity index is 1.48. The van der Waals surface area contributed by atoms with Crippen LogP contribution in [0.4, 0.5) is 5.13 Å². The summed E-state index contributed by atoms with van der Waals surface area (Å²) in [5.41, 5.74) is 3.86. The Hall–Kier alpha value is -2.89. The summed E-state index contributed by atoms with van der Waals surface area (Å²) >= 11 is 2.84. The maximum Gasteiger partial charge on any atom is 0.264 e. The molecule has 0 aliphatic rings. The van der Waals surface area contributed by atoms with Crippen LogP contribution in [0.2, 0.25) is 0 Å². The van der Waals surface area contributed by atoms with Crippen molar-refractivity contribution in [1.29, 1.82) is 5.26 Å². The predicted octanol–water partition coefficient (Wildman–Crippen LogP) is 4.34. The SMILES string of the molecule is Cc1ccc(OCC(=O)Nc2nnc(SCc3ccc(C#N)cc3)s2)c(C)c1. The molecule has 1 heterocycles. The van der Waals surface area contributed by atoms with Gasteiger partial charge in [-0.15, -0.1) is 10.2 Å². The third kappa shape index (κ3) is 5.55. The Morgan fingerprint density at radius 1 is 1.21 bits per heavy atom. The van der Waals surface area contributed by atoms with Gasteiger partial charge in [-0.3, -0.25) is 10.1 Å². The molecule has 0 atom stereocenters. The van der Waals surface area contributed by atoms with Crippen LogP contribution < -0.4 is 10.1 Å². The monoisotopic (exact) mass is 410 g/mol. The van der Waals surface area contributed by atoms with Crippen molar-refractivity contribution in [2.75, 3.05) is 11.9 Å². The van der Waals surface area contributed by atoms with E-state index in [2.05, 4.69) is 21.6 Å². The van der Waals surface area contributed by atoms with Crippen LogP contribution in [0.15, 0.2) is 46.8 Å². The number of rotatable bonds is 7. The molecule has 0 fully saturated rings. The smallest absolute Gasteiger partial charge is 0.264 e. The molecule has 2 aromatic carbocycles. The topological polar surface area (TPSA) is 87.9 Å². The van der Waals surface area contributed by atoms with E-state index in [1.165, 1.54) is 23.1 Å². The van der Waals surface area contributed by atoms with Crippen LogP contribution in [0.25, 0.3) is 0 Å². The third-order valence-corrected chi connectivity index (χ3v) is 5.83. The molecular formula is C20H18N4O2S2. The van der Waals surface area contributed by atoms with E-state index in [0.717, 1.165) is 21.0 Å². The minimum absolute atomic E-state index is 0.0861.